The molecule has 1 aromatic heterocycles. The van der Waals surface area contributed by atoms with Gasteiger partial charge in [0, 0.05) is 25.3 Å². The van der Waals surface area contributed by atoms with Gasteiger partial charge in [0.05, 0.1) is 23.1 Å². The first-order valence-corrected chi connectivity index (χ1v) is 7.09. The molecule has 1 heterocycles. The van der Waals surface area contributed by atoms with Gasteiger partial charge in [0.15, 0.2) is 0 Å². The van der Waals surface area contributed by atoms with E-state index in [4.69, 9.17) is 16.3 Å². The molecule has 1 aromatic carbocycles. The fourth-order valence-corrected chi connectivity index (χ4v) is 2.11. The van der Waals surface area contributed by atoms with Gasteiger partial charge in [-0.15, -0.1) is 0 Å². The average molecular weight is 308 g/mol. The highest BCUT2D eigenvalue weighted by atomic mass is 35.5. The van der Waals surface area contributed by atoms with Crippen molar-refractivity contribution in [1.82, 2.24) is 15.1 Å². The van der Waals surface area contributed by atoms with Gasteiger partial charge in [-0.3, -0.25) is 4.79 Å². The SMILES string of the molecule is COCCCNC(=O)c1cnn(-c2ccc(Cl)cc2)c1C. The van der Waals surface area contributed by atoms with Crippen molar-refractivity contribution < 1.29 is 9.53 Å². The van der Waals surface area contributed by atoms with Crippen molar-refractivity contribution >= 4 is 17.5 Å². The Morgan fingerprint density at radius 2 is 2.10 bits per heavy atom. The summed E-state index contributed by atoms with van der Waals surface area (Å²) in [6.07, 6.45) is 2.36. The number of nitrogens with zero attached hydrogens (tertiary/aromatic N) is 2. The second-order valence-electron chi connectivity index (χ2n) is 4.63. The minimum Gasteiger partial charge on any atom is -0.385 e. The lowest BCUT2D eigenvalue weighted by atomic mass is 10.2. The molecule has 2 rings (SSSR count). The Bertz CT molecular complexity index is 608. The van der Waals surface area contributed by atoms with Gasteiger partial charge in [0.1, 0.15) is 0 Å². The molecule has 0 spiro atoms. The average Bonchev–Trinajstić information content (AvgIpc) is 2.86. The van der Waals surface area contributed by atoms with E-state index in [9.17, 15) is 4.79 Å². The molecule has 0 unspecified atom stereocenters. The van der Waals surface area contributed by atoms with Gasteiger partial charge in [-0.25, -0.2) is 4.68 Å². The molecule has 0 aliphatic rings. The number of carbonyl (C=O) groups excluding carboxylic acids is 1. The Labute approximate surface area is 128 Å². The van der Waals surface area contributed by atoms with Crippen molar-refractivity contribution in [3.8, 4) is 5.69 Å². The Hall–Kier alpha value is -1.85. The van der Waals surface area contributed by atoms with Gasteiger partial charge in [-0.05, 0) is 37.6 Å². The molecule has 0 saturated heterocycles. The Morgan fingerprint density at radius 3 is 2.76 bits per heavy atom. The van der Waals surface area contributed by atoms with E-state index < -0.39 is 0 Å². The summed E-state index contributed by atoms with van der Waals surface area (Å²) < 4.78 is 6.67. The van der Waals surface area contributed by atoms with Crippen LogP contribution in [0.3, 0.4) is 0 Å². The maximum atomic E-state index is 12.1. The van der Waals surface area contributed by atoms with E-state index in [1.807, 2.05) is 19.1 Å². The Balaban J connectivity index is 2.09. The van der Waals surface area contributed by atoms with Gasteiger partial charge in [0.25, 0.3) is 5.91 Å². The maximum absolute atomic E-state index is 12.1. The lowest BCUT2D eigenvalue weighted by molar-refractivity contribution is 0.0948. The monoisotopic (exact) mass is 307 g/mol. The maximum Gasteiger partial charge on any atom is 0.254 e. The number of hydrogen-bond donors (Lipinski definition) is 1. The third-order valence-corrected chi connectivity index (χ3v) is 3.39. The van der Waals surface area contributed by atoms with Gasteiger partial charge >= 0.3 is 0 Å². The predicted molar refractivity (Wildman–Crippen MR) is 82.1 cm³/mol. The zero-order valence-corrected chi connectivity index (χ0v) is 12.9. The minimum absolute atomic E-state index is 0.121. The largest absolute Gasteiger partial charge is 0.385 e. The van der Waals surface area contributed by atoms with Gasteiger partial charge in [0.2, 0.25) is 0 Å². The number of nitrogens with one attached hydrogen (secondary N) is 1. The number of methoxy groups -OCH3 is 1. The molecule has 2 aromatic rings. The van der Waals surface area contributed by atoms with Crippen LogP contribution in [0.4, 0.5) is 0 Å². The highest BCUT2D eigenvalue weighted by Gasteiger charge is 2.14. The highest BCUT2D eigenvalue weighted by Crippen LogP contribution is 2.16. The number of rotatable bonds is 6. The third-order valence-electron chi connectivity index (χ3n) is 3.14. The molecule has 112 valence electrons. The summed E-state index contributed by atoms with van der Waals surface area (Å²) in [5.41, 5.74) is 2.24. The molecule has 1 N–H and O–H groups in total. The molecule has 0 radical (unpaired) electrons. The van der Waals surface area contributed by atoms with Gasteiger partial charge < -0.3 is 10.1 Å². The zero-order chi connectivity index (χ0) is 15.2. The van der Waals surface area contributed by atoms with Crippen LogP contribution in [0.2, 0.25) is 5.02 Å². The number of carbonyl (C=O) groups is 1. The van der Waals surface area contributed by atoms with Crippen LogP contribution in [0.15, 0.2) is 30.5 Å². The Morgan fingerprint density at radius 1 is 1.38 bits per heavy atom. The fraction of sp³-hybridized carbons (Fsp3) is 0.333. The first-order valence-electron chi connectivity index (χ1n) is 6.71. The van der Waals surface area contributed by atoms with Crippen LogP contribution in [0.25, 0.3) is 5.69 Å². The summed E-state index contributed by atoms with van der Waals surface area (Å²) in [4.78, 5) is 12.1. The van der Waals surface area contributed by atoms with Crippen LogP contribution in [0.5, 0.6) is 0 Å². The fourth-order valence-electron chi connectivity index (χ4n) is 1.99. The van der Waals surface area contributed by atoms with Gasteiger partial charge in [-0.1, -0.05) is 11.6 Å². The van der Waals surface area contributed by atoms with Crippen LogP contribution in [0, 0.1) is 6.92 Å². The molecule has 6 heteroatoms. The molecular formula is C15H18ClN3O2. The molecule has 5 nitrogen and oxygen atoms in total. The van der Waals surface area contributed by atoms with E-state index in [-0.39, 0.29) is 5.91 Å². The van der Waals surface area contributed by atoms with Crippen LogP contribution in [-0.4, -0.2) is 35.9 Å². The molecule has 0 aliphatic heterocycles. The van der Waals surface area contributed by atoms with Crippen molar-refractivity contribution in [3.63, 3.8) is 0 Å². The molecule has 21 heavy (non-hydrogen) atoms. The molecule has 0 saturated carbocycles. The number of ether oxygens (including phenoxy) is 1. The summed E-state index contributed by atoms with van der Waals surface area (Å²) in [7, 11) is 1.64. The molecular weight excluding hydrogens is 290 g/mol. The topological polar surface area (TPSA) is 56.1 Å². The predicted octanol–water partition coefficient (Wildman–Crippen LogP) is 2.60. The van der Waals surface area contributed by atoms with E-state index in [1.54, 1.807) is 30.1 Å². The van der Waals surface area contributed by atoms with Crippen LogP contribution in [0.1, 0.15) is 22.5 Å². The molecule has 0 fully saturated rings. The molecule has 1 amide bonds. The van der Waals surface area contributed by atoms with Crippen molar-refractivity contribution in [3.05, 3.63) is 46.7 Å². The van der Waals surface area contributed by atoms with Crippen molar-refractivity contribution in [1.29, 1.82) is 0 Å². The standard InChI is InChI=1S/C15H18ClN3O2/c1-11-14(15(20)17-8-3-9-21-2)10-18-19(11)13-6-4-12(16)5-7-13/h4-7,10H,3,8-9H2,1-2H3,(H,17,20). The van der Waals surface area contributed by atoms with E-state index in [2.05, 4.69) is 10.4 Å². The lowest BCUT2D eigenvalue weighted by Crippen LogP contribution is -2.25. The van der Waals surface area contributed by atoms with Crippen molar-refractivity contribution in [2.45, 2.75) is 13.3 Å². The van der Waals surface area contributed by atoms with E-state index >= 15 is 0 Å². The normalized spacial score (nSPS) is 10.6. The number of hydrogen-bond acceptors (Lipinski definition) is 3. The number of aromatic nitrogens is 2. The van der Waals surface area contributed by atoms with E-state index in [0.29, 0.717) is 23.7 Å². The molecule has 0 atom stereocenters. The van der Waals surface area contributed by atoms with E-state index in [0.717, 1.165) is 17.8 Å². The summed E-state index contributed by atoms with van der Waals surface area (Å²) in [5, 5.41) is 7.79. The number of halogens is 1. The minimum atomic E-state index is -0.121. The number of amides is 1. The van der Waals surface area contributed by atoms with Crippen LogP contribution >= 0.6 is 11.6 Å². The smallest absolute Gasteiger partial charge is 0.254 e. The zero-order valence-electron chi connectivity index (χ0n) is 12.1. The first kappa shape index (κ1) is 15.5. The summed E-state index contributed by atoms with van der Waals surface area (Å²) in [5.74, 6) is -0.121. The van der Waals surface area contributed by atoms with Gasteiger partial charge in [-0.2, -0.15) is 5.10 Å². The van der Waals surface area contributed by atoms with E-state index in [1.165, 1.54) is 0 Å². The van der Waals surface area contributed by atoms with Crippen molar-refractivity contribution in [2.75, 3.05) is 20.3 Å². The molecule has 0 bridgehead atoms. The highest BCUT2D eigenvalue weighted by molar-refractivity contribution is 6.30. The summed E-state index contributed by atoms with van der Waals surface area (Å²) in [6.45, 7) is 3.08. The third kappa shape index (κ3) is 3.83. The summed E-state index contributed by atoms with van der Waals surface area (Å²) >= 11 is 5.87. The quantitative estimate of drug-likeness (QED) is 0.835. The van der Waals surface area contributed by atoms with Crippen molar-refractivity contribution in [2.24, 2.45) is 0 Å². The second kappa shape index (κ2) is 7.24. The molecule has 0 aliphatic carbocycles. The lowest BCUT2D eigenvalue weighted by Gasteiger charge is -2.06. The van der Waals surface area contributed by atoms with Crippen LogP contribution in [-0.2, 0) is 4.74 Å². The second-order valence-corrected chi connectivity index (χ2v) is 5.07. The van der Waals surface area contributed by atoms with Crippen LogP contribution < -0.4 is 5.32 Å². The number of benzene rings is 1. The summed E-state index contributed by atoms with van der Waals surface area (Å²) in [6, 6.07) is 7.32. The Kier molecular flexibility index (Phi) is 5.36. The first-order chi connectivity index (χ1) is 10.1.